The third-order valence-electron chi connectivity index (χ3n) is 4.21. The SMILES string of the molecule is C=CC(=O)N1CC(C(=O)N(C)[C@@H]2CCCN(C)C2)C1. The van der Waals surface area contributed by atoms with E-state index in [-0.39, 0.29) is 17.7 Å². The molecule has 5 nitrogen and oxygen atoms in total. The first-order valence-corrected chi connectivity index (χ1v) is 6.89. The number of carbonyl (C=O) groups is 2. The molecule has 2 aliphatic rings. The molecule has 0 aliphatic carbocycles. The van der Waals surface area contributed by atoms with Gasteiger partial charge in [-0.15, -0.1) is 0 Å². The molecule has 2 saturated heterocycles. The third kappa shape index (κ3) is 2.97. The molecular formula is C14H23N3O2. The van der Waals surface area contributed by atoms with Crippen molar-refractivity contribution in [2.45, 2.75) is 18.9 Å². The van der Waals surface area contributed by atoms with E-state index in [1.165, 1.54) is 6.08 Å². The van der Waals surface area contributed by atoms with E-state index in [4.69, 9.17) is 0 Å². The van der Waals surface area contributed by atoms with Gasteiger partial charge < -0.3 is 14.7 Å². The van der Waals surface area contributed by atoms with Crippen LogP contribution in [0.2, 0.25) is 0 Å². The van der Waals surface area contributed by atoms with E-state index in [0.717, 1.165) is 25.9 Å². The Balaban J connectivity index is 1.84. The number of piperidine rings is 1. The van der Waals surface area contributed by atoms with Crippen molar-refractivity contribution in [3.63, 3.8) is 0 Å². The van der Waals surface area contributed by atoms with Crippen LogP contribution in [0, 0.1) is 5.92 Å². The largest absolute Gasteiger partial charge is 0.341 e. The quantitative estimate of drug-likeness (QED) is 0.684. The van der Waals surface area contributed by atoms with Crippen LogP contribution in [-0.4, -0.2) is 72.8 Å². The first kappa shape index (κ1) is 14.1. The van der Waals surface area contributed by atoms with Crippen LogP contribution in [0.1, 0.15) is 12.8 Å². The van der Waals surface area contributed by atoms with E-state index < -0.39 is 0 Å². The normalized spacial score (nSPS) is 24.7. The summed E-state index contributed by atoms with van der Waals surface area (Å²) in [6.07, 6.45) is 3.53. The summed E-state index contributed by atoms with van der Waals surface area (Å²) in [6.45, 7) is 6.60. The zero-order valence-electron chi connectivity index (χ0n) is 11.8. The lowest BCUT2D eigenvalue weighted by Gasteiger charge is -2.42. The molecule has 2 fully saturated rings. The molecule has 0 aromatic heterocycles. The van der Waals surface area contributed by atoms with Crippen LogP contribution >= 0.6 is 0 Å². The van der Waals surface area contributed by atoms with Crippen LogP contribution in [0.25, 0.3) is 0 Å². The van der Waals surface area contributed by atoms with Crippen molar-refractivity contribution in [3.05, 3.63) is 12.7 Å². The van der Waals surface area contributed by atoms with Gasteiger partial charge in [-0.05, 0) is 32.5 Å². The van der Waals surface area contributed by atoms with Gasteiger partial charge in [-0.2, -0.15) is 0 Å². The molecule has 106 valence electrons. The second-order valence-corrected chi connectivity index (χ2v) is 5.65. The number of carbonyl (C=O) groups excluding carboxylic acids is 2. The molecule has 5 heteroatoms. The van der Waals surface area contributed by atoms with Gasteiger partial charge in [-0.1, -0.05) is 6.58 Å². The topological polar surface area (TPSA) is 43.9 Å². The Bertz CT molecular complexity index is 377. The fourth-order valence-electron chi connectivity index (χ4n) is 2.87. The van der Waals surface area contributed by atoms with E-state index in [0.29, 0.717) is 19.1 Å². The summed E-state index contributed by atoms with van der Waals surface area (Å²) in [6, 6.07) is 0.315. The molecule has 2 aliphatic heterocycles. The van der Waals surface area contributed by atoms with E-state index in [1.54, 1.807) is 4.90 Å². The first-order valence-electron chi connectivity index (χ1n) is 6.89. The lowest BCUT2D eigenvalue weighted by atomic mass is 9.96. The maximum atomic E-state index is 12.3. The van der Waals surface area contributed by atoms with E-state index in [2.05, 4.69) is 18.5 Å². The molecule has 0 aromatic carbocycles. The molecule has 1 atom stereocenters. The van der Waals surface area contributed by atoms with E-state index >= 15 is 0 Å². The van der Waals surface area contributed by atoms with Gasteiger partial charge in [0.2, 0.25) is 11.8 Å². The van der Waals surface area contributed by atoms with Gasteiger partial charge in [0.1, 0.15) is 0 Å². The number of amides is 2. The highest BCUT2D eigenvalue weighted by atomic mass is 16.2. The molecule has 0 bridgehead atoms. The number of likely N-dealkylation sites (tertiary alicyclic amines) is 2. The minimum absolute atomic E-state index is 0.0267. The van der Waals surface area contributed by atoms with Gasteiger partial charge in [0.25, 0.3) is 0 Å². The predicted molar refractivity (Wildman–Crippen MR) is 73.6 cm³/mol. The standard InChI is InChI=1S/C14H23N3O2/c1-4-13(18)17-8-11(9-17)14(19)16(3)12-6-5-7-15(2)10-12/h4,11-12H,1,5-10H2,2-3H3/t12-/m1/s1. The molecule has 2 amide bonds. The molecule has 2 rings (SSSR count). The average Bonchev–Trinajstić information content (AvgIpc) is 2.35. The summed E-state index contributed by atoms with van der Waals surface area (Å²) in [5.74, 6) is 0.0682. The van der Waals surface area contributed by atoms with Crippen LogP contribution in [0.4, 0.5) is 0 Å². The fraction of sp³-hybridized carbons (Fsp3) is 0.714. The summed E-state index contributed by atoms with van der Waals surface area (Å²) in [5, 5.41) is 0. The number of rotatable bonds is 3. The summed E-state index contributed by atoms with van der Waals surface area (Å²) >= 11 is 0. The first-order chi connectivity index (χ1) is 9.02. The zero-order chi connectivity index (χ0) is 14.0. The van der Waals surface area contributed by atoms with Crippen LogP contribution in [0.15, 0.2) is 12.7 Å². The van der Waals surface area contributed by atoms with Crippen molar-refractivity contribution in [2.24, 2.45) is 5.92 Å². The molecule has 0 spiro atoms. The van der Waals surface area contributed by atoms with Gasteiger partial charge in [0.15, 0.2) is 0 Å². The second-order valence-electron chi connectivity index (χ2n) is 5.65. The zero-order valence-corrected chi connectivity index (χ0v) is 11.8. The molecule has 2 heterocycles. The number of nitrogens with zero attached hydrogens (tertiary/aromatic N) is 3. The summed E-state index contributed by atoms with van der Waals surface area (Å²) < 4.78 is 0. The van der Waals surface area contributed by atoms with Gasteiger partial charge in [0.05, 0.1) is 5.92 Å². The molecular weight excluding hydrogens is 242 g/mol. The highest BCUT2D eigenvalue weighted by Crippen LogP contribution is 2.21. The predicted octanol–water partition coefficient (Wildman–Crippen LogP) is 0.183. The minimum Gasteiger partial charge on any atom is -0.341 e. The van der Waals surface area contributed by atoms with Crippen molar-refractivity contribution in [1.82, 2.24) is 14.7 Å². The molecule has 0 aromatic rings. The van der Waals surface area contributed by atoms with Gasteiger partial charge in [-0.25, -0.2) is 0 Å². The fourth-order valence-corrected chi connectivity index (χ4v) is 2.87. The summed E-state index contributed by atoms with van der Waals surface area (Å²) in [7, 11) is 3.99. The molecule has 0 unspecified atom stereocenters. The number of hydrogen-bond donors (Lipinski definition) is 0. The van der Waals surface area contributed by atoms with Crippen molar-refractivity contribution in [1.29, 1.82) is 0 Å². The molecule has 0 saturated carbocycles. The summed E-state index contributed by atoms with van der Waals surface area (Å²) in [5.41, 5.74) is 0. The van der Waals surface area contributed by atoms with E-state index in [1.807, 2.05) is 11.9 Å². The number of likely N-dealkylation sites (N-methyl/N-ethyl adjacent to an activating group) is 2. The van der Waals surface area contributed by atoms with Gasteiger partial charge in [-0.3, -0.25) is 9.59 Å². The summed E-state index contributed by atoms with van der Waals surface area (Å²) in [4.78, 5) is 29.5. The Labute approximate surface area is 114 Å². The second kappa shape index (κ2) is 5.74. The van der Waals surface area contributed by atoms with Gasteiger partial charge >= 0.3 is 0 Å². The maximum absolute atomic E-state index is 12.3. The molecule has 19 heavy (non-hydrogen) atoms. The van der Waals surface area contributed by atoms with Crippen LogP contribution < -0.4 is 0 Å². The smallest absolute Gasteiger partial charge is 0.246 e. The third-order valence-corrected chi connectivity index (χ3v) is 4.21. The monoisotopic (exact) mass is 265 g/mol. The van der Waals surface area contributed by atoms with Crippen LogP contribution in [0.3, 0.4) is 0 Å². The highest BCUT2D eigenvalue weighted by Gasteiger charge is 2.38. The Morgan fingerprint density at radius 1 is 1.32 bits per heavy atom. The Morgan fingerprint density at radius 2 is 2.00 bits per heavy atom. The van der Waals surface area contributed by atoms with Crippen molar-refractivity contribution >= 4 is 11.8 Å². The van der Waals surface area contributed by atoms with Crippen molar-refractivity contribution in [2.75, 3.05) is 40.3 Å². The van der Waals surface area contributed by atoms with Crippen LogP contribution in [-0.2, 0) is 9.59 Å². The lowest BCUT2D eigenvalue weighted by Crippen LogP contribution is -2.58. The Hall–Kier alpha value is -1.36. The highest BCUT2D eigenvalue weighted by molar-refractivity contribution is 5.90. The minimum atomic E-state index is -0.0795. The average molecular weight is 265 g/mol. The van der Waals surface area contributed by atoms with E-state index in [9.17, 15) is 9.59 Å². The maximum Gasteiger partial charge on any atom is 0.246 e. The number of hydrogen-bond acceptors (Lipinski definition) is 3. The van der Waals surface area contributed by atoms with Crippen molar-refractivity contribution in [3.8, 4) is 0 Å². The lowest BCUT2D eigenvalue weighted by molar-refractivity contribution is -0.147. The van der Waals surface area contributed by atoms with Crippen LogP contribution in [0.5, 0.6) is 0 Å². The molecule has 0 N–H and O–H groups in total. The van der Waals surface area contributed by atoms with Gasteiger partial charge in [0, 0.05) is 32.7 Å². The molecule has 0 radical (unpaired) electrons. The Morgan fingerprint density at radius 3 is 2.58 bits per heavy atom. The van der Waals surface area contributed by atoms with Crippen molar-refractivity contribution < 1.29 is 9.59 Å². The Kier molecular flexibility index (Phi) is 4.24.